The number of carbonyl (C=O) groups is 1. The topological polar surface area (TPSA) is 58.6 Å². The maximum Gasteiger partial charge on any atom is 0.573 e. The highest BCUT2D eigenvalue weighted by Crippen LogP contribution is 2.25. The third kappa shape index (κ3) is 5.54. The van der Waals surface area contributed by atoms with Crippen LogP contribution in [0.5, 0.6) is 5.75 Å². The predicted molar refractivity (Wildman–Crippen MR) is 77.7 cm³/mol. The van der Waals surface area contributed by atoms with Crippen molar-refractivity contribution in [1.82, 2.24) is 0 Å². The smallest absolute Gasteiger partial charge is 0.406 e. The SMILES string of the molecule is O=C(CC(O)c1cccc(F)c1)Nc1cccc(OC(F)(F)F)c1. The highest BCUT2D eigenvalue weighted by Gasteiger charge is 2.31. The molecule has 4 nitrogen and oxygen atoms in total. The van der Waals surface area contributed by atoms with E-state index in [1.165, 1.54) is 30.3 Å². The summed E-state index contributed by atoms with van der Waals surface area (Å²) in [4.78, 5) is 11.8. The zero-order valence-corrected chi connectivity index (χ0v) is 12.2. The summed E-state index contributed by atoms with van der Waals surface area (Å²) in [6.07, 6.45) is -6.46. The molecule has 2 aromatic carbocycles. The van der Waals surface area contributed by atoms with Gasteiger partial charge in [0.2, 0.25) is 5.91 Å². The number of carbonyl (C=O) groups excluding carboxylic acids is 1. The third-order valence-electron chi connectivity index (χ3n) is 2.96. The molecule has 0 bridgehead atoms. The van der Waals surface area contributed by atoms with Gasteiger partial charge in [-0.1, -0.05) is 18.2 Å². The van der Waals surface area contributed by atoms with Gasteiger partial charge >= 0.3 is 6.36 Å². The van der Waals surface area contributed by atoms with Gasteiger partial charge in [-0.3, -0.25) is 4.79 Å². The van der Waals surface area contributed by atoms with E-state index in [1.807, 2.05) is 0 Å². The number of nitrogens with one attached hydrogen (secondary N) is 1. The van der Waals surface area contributed by atoms with Crippen LogP contribution >= 0.6 is 0 Å². The van der Waals surface area contributed by atoms with Crippen LogP contribution in [0.1, 0.15) is 18.1 Å². The highest BCUT2D eigenvalue weighted by molar-refractivity contribution is 5.91. The van der Waals surface area contributed by atoms with Gasteiger partial charge in [-0.05, 0) is 29.8 Å². The predicted octanol–water partition coefficient (Wildman–Crippen LogP) is 3.79. The summed E-state index contributed by atoms with van der Waals surface area (Å²) in [5, 5.41) is 12.2. The molecule has 2 N–H and O–H groups in total. The van der Waals surface area contributed by atoms with Gasteiger partial charge in [-0.2, -0.15) is 0 Å². The van der Waals surface area contributed by atoms with E-state index < -0.39 is 29.9 Å². The van der Waals surface area contributed by atoms with Crippen molar-refractivity contribution in [2.24, 2.45) is 0 Å². The van der Waals surface area contributed by atoms with E-state index in [2.05, 4.69) is 10.1 Å². The number of aliphatic hydroxyl groups is 1. The molecule has 1 atom stereocenters. The Bertz CT molecular complexity index is 718. The Hall–Kier alpha value is -2.61. The van der Waals surface area contributed by atoms with Crippen molar-refractivity contribution in [3.8, 4) is 5.75 Å². The fraction of sp³-hybridized carbons (Fsp3) is 0.188. The molecule has 0 spiro atoms. The molecule has 24 heavy (non-hydrogen) atoms. The lowest BCUT2D eigenvalue weighted by Crippen LogP contribution is -2.18. The summed E-state index contributed by atoms with van der Waals surface area (Å²) < 4.78 is 53.3. The summed E-state index contributed by atoms with van der Waals surface area (Å²) >= 11 is 0. The van der Waals surface area contributed by atoms with Crippen LogP contribution in [0.15, 0.2) is 48.5 Å². The Morgan fingerprint density at radius 2 is 1.88 bits per heavy atom. The van der Waals surface area contributed by atoms with Crippen LogP contribution in [-0.4, -0.2) is 17.4 Å². The van der Waals surface area contributed by atoms with Crippen molar-refractivity contribution in [1.29, 1.82) is 0 Å². The van der Waals surface area contributed by atoms with Gasteiger partial charge < -0.3 is 15.2 Å². The van der Waals surface area contributed by atoms with Gasteiger partial charge in [-0.25, -0.2) is 4.39 Å². The van der Waals surface area contributed by atoms with E-state index in [0.717, 1.165) is 18.2 Å². The molecular weight excluding hydrogens is 330 g/mol. The first-order chi connectivity index (χ1) is 11.2. The second-order valence-electron chi connectivity index (χ2n) is 4.90. The number of halogens is 4. The van der Waals surface area contributed by atoms with E-state index in [1.54, 1.807) is 0 Å². The molecule has 0 aromatic heterocycles. The molecule has 0 aliphatic rings. The molecule has 0 radical (unpaired) electrons. The molecule has 0 fully saturated rings. The lowest BCUT2D eigenvalue weighted by molar-refractivity contribution is -0.274. The van der Waals surface area contributed by atoms with Gasteiger partial charge in [0.1, 0.15) is 11.6 Å². The van der Waals surface area contributed by atoms with Gasteiger partial charge in [0.25, 0.3) is 0 Å². The molecule has 2 rings (SSSR count). The molecule has 1 unspecified atom stereocenters. The average molecular weight is 343 g/mol. The van der Waals surface area contributed by atoms with Crippen LogP contribution in [0.4, 0.5) is 23.2 Å². The summed E-state index contributed by atoms with van der Waals surface area (Å²) in [5.41, 5.74) is 0.299. The van der Waals surface area contributed by atoms with Crippen molar-refractivity contribution in [3.63, 3.8) is 0 Å². The van der Waals surface area contributed by atoms with E-state index in [4.69, 9.17) is 0 Å². The maximum absolute atomic E-state index is 13.1. The first-order valence-electron chi connectivity index (χ1n) is 6.82. The van der Waals surface area contributed by atoms with Gasteiger partial charge in [-0.15, -0.1) is 13.2 Å². The molecule has 0 heterocycles. The third-order valence-corrected chi connectivity index (χ3v) is 2.96. The lowest BCUT2D eigenvalue weighted by atomic mass is 10.1. The Kier molecular flexibility index (Phi) is 5.40. The molecule has 0 aliphatic carbocycles. The van der Waals surface area contributed by atoms with Crippen LogP contribution in [0.2, 0.25) is 0 Å². The van der Waals surface area contributed by atoms with Gasteiger partial charge in [0.15, 0.2) is 0 Å². The van der Waals surface area contributed by atoms with E-state index in [0.29, 0.717) is 0 Å². The molecular formula is C16H13F4NO3. The van der Waals surface area contributed by atoms with Crippen molar-refractivity contribution < 1.29 is 32.2 Å². The summed E-state index contributed by atoms with van der Waals surface area (Å²) in [6, 6.07) is 9.88. The Morgan fingerprint density at radius 3 is 2.54 bits per heavy atom. The number of hydrogen-bond donors (Lipinski definition) is 2. The van der Waals surface area contributed by atoms with Gasteiger partial charge in [0, 0.05) is 11.8 Å². The number of amides is 1. The summed E-state index contributed by atoms with van der Waals surface area (Å²) in [6.45, 7) is 0. The zero-order chi connectivity index (χ0) is 17.7. The normalized spacial score (nSPS) is 12.5. The minimum atomic E-state index is -4.84. The molecule has 0 aliphatic heterocycles. The average Bonchev–Trinajstić information content (AvgIpc) is 2.45. The van der Waals surface area contributed by atoms with Crippen LogP contribution < -0.4 is 10.1 Å². The maximum atomic E-state index is 13.1. The number of anilines is 1. The summed E-state index contributed by atoms with van der Waals surface area (Å²) in [7, 11) is 0. The first-order valence-corrected chi connectivity index (χ1v) is 6.82. The van der Waals surface area contributed by atoms with Crippen LogP contribution in [0.25, 0.3) is 0 Å². The van der Waals surface area contributed by atoms with Crippen molar-refractivity contribution in [2.45, 2.75) is 18.9 Å². The minimum Gasteiger partial charge on any atom is -0.406 e. The molecule has 8 heteroatoms. The van der Waals surface area contributed by atoms with E-state index >= 15 is 0 Å². The molecule has 2 aromatic rings. The second-order valence-corrected chi connectivity index (χ2v) is 4.90. The monoisotopic (exact) mass is 343 g/mol. The number of ether oxygens (including phenoxy) is 1. The van der Waals surface area contributed by atoms with Crippen molar-refractivity contribution in [3.05, 3.63) is 59.9 Å². The molecule has 1 amide bonds. The minimum absolute atomic E-state index is 0.0770. The number of benzene rings is 2. The van der Waals surface area contributed by atoms with Crippen molar-refractivity contribution >= 4 is 11.6 Å². The van der Waals surface area contributed by atoms with E-state index in [9.17, 15) is 27.5 Å². The number of alkyl halides is 3. The Morgan fingerprint density at radius 1 is 1.17 bits per heavy atom. The number of aliphatic hydroxyl groups excluding tert-OH is 1. The standard InChI is InChI=1S/C16H13F4NO3/c17-11-4-1-3-10(7-11)14(22)9-15(23)21-12-5-2-6-13(8-12)24-16(18,19)20/h1-8,14,22H,9H2,(H,21,23). The van der Waals surface area contributed by atoms with Crippen LogP contribution in [0, 0.1) is 5.82 Å². The Labute approximate surface area is 134 Å². The summed E-state index contributed by atoms with van der Waals surface area (Å²) in [5.74, 6) is -1.68. The highest BCUT2D eigenvalue weighted by atomic mass is 19.4. The Balaban J connectivity index is 1.98. The molecule has 0 saturated heterocycles. The van der Waals surface area contributed by atoms with Crippen molar-refractivity contribution in [2.75, 3.05) is 5.32 Å². The lowest BCUT2D eigenvalue weighted by Gasteiger charge is -2.13. The zero-order valence-electron chi connectivity index (χ0n) is 12.2. The van der Waals surface area contributed by atoms with E-state index in [-0.39, 0.29) is 17.7 Å². The number of rotatable bonds is 5. The fourth-order valence-electron chi connectivity index (χ4n) is 1.99. The fourth-order valence-corrected chi connectivity index (χ4v) is 1.99. The number of hydrogen-bond acceptors (Lipinski definition) is 3. The largest absolute Gasteiger partial charge is 0.573 e. The molecule has 128 valence electrons. The van der Waals surface area contributed by atoms with Crippen LogP contribution in [-0.2, 0) is 4.79 Å². The molecule has 0 saturated carbocycles. The first kappa shape index (κ1) is 17.7. The van der Waals surface area contributed by atoms with Crippen LogP contribution in [0.3, 0.4) is 0 Å². The second kappa shape index (κ2) is 7.31. The quantitative estimate of drug-likeness (QED) is 0.812. The van der Waals surface area contributed by atoms with Gasteiger partial charge in [0.05, 0.1) is 12.5 Å².